The summed E-state index contributed by atoms with van der Waals surface area (Å²) in [6, 6.07) is 4.77. The van der Waals surface area contributed by atoms with E-state index >= 15 is 0 Å². The van der Waals surface area contributed by atoms with Gasteiger partial charge in [0, 0.05) is 38.8 Å². The Morgan fingerprint density at radius 3 is 2.72 bits per heavy atom. The molecule has 3 rings (SSSR count). The molecule has 2 aliphatic rings. The van der Waals surface area contributed by atoms with E-state index in [0.717, 1.165) is 57.7 Å². The van der Waals surface area contributed by atoms with Gasteiger partial charge in [0.15, 0.2) is 0 Å². The molecule has 1 aromatic carbocycles. The van der Waals surface area contributed by atoms with E-state index in [9.17, 15) is 15.2 Å². The first-order valence-electron chi connectivity index (χ1n) is 10.6. The molecule has 0 aliphatic carbocycles. The maximum atomic E-state index is 11.2. The van der Waals surface area contributed by atoms with Gasteiger partial charge in [-0.3, -0.25) is 10.1 Å². The van der Waals surface area contributed by atoms with E-state index in [1.165, 1.54) is 18.6 Å². The topological polar surface area (TPSA) is 82.3 Å². The van der Waals surface area contributed by atoms with Gasteiger partial charge in [-0.25, -0.2) is 0 Å². The lowest BCUT2D eigenvalue weighted by atomic mass is 9.97. The third-order valence-electron chi connectivity index (χ3n) is 5.73. The minimum Gasteiger partial charge on any atom is -0.488 e. The number of piperidine rings is 1. The van der Waals surface area contributed by atoms with Gasteiger partial charge < -0.3 is 24.5 Å². The van der Waals surface area contributed by atoms with Gasteiger partial charge in [-0.2, -0.15) is 0 Å². The van der Waals surface area contributed by atoms with E-state index in [4.69, 9.17) is 4.74 Å². The van der Waals surface area contributed by atoms with Gasteiger partial charge in [0.2, 0.25) is 0 Å². The molecule has 2 heterocycles. The van der Waals surface area contributed by atoms with Crippen LogP contribution in [-0.4, -0.2) is 85.9 Å². The molecule has 0 amide bonds. The zero-order chi connectivity index (χ0) is 20.8. The van der Waals surface area contributed by atoms with Crippen LogP contribution in [0.2, 0.25) is 0 Å². The highest BCUT2D eigenvalue weighted by molar-refractivity contribution is 5.62. The first kappa shape index (κ1) is 21.8. The number of nitro groups is 1. The number of nitrogens with zero attached hydrogens (tertiary/aromatic N) is 4. The molecule has 0 spiro atoms. The fourth-order valence-electron chi connectivity index (χ4n) is 4.47. The summed E-state index contributed by atoms with van der Waals surface area (Å²) in [6.45, 7) is 5.61. The SMILES string of the molecule is CN(C)CC1CCCN(CC(O)COc2cc([N+](=O)[O-])ccc2N2CCCC2)C1. The minimum absolute atomic E-state index is 0.0139. The first-order chi connectivity index (χ1) is 13.9. The van der Waals surface area contributed by atoms with Crippen molar-refractivity contribution in [1.29, 1.82) is 0 Å². The van der Waals surface area contributed by atoms with Gasteiger partial charge in [-0.1, -0.05) is 0 Å². The molecular weight excluding hydrogens is 372 g/mol. The number of ether oxygens (including phenoxy) is 1. The van der Waals surface area contributed by atoms with Crippen LogP contribution >= 0.6 is 0 Å². The summed E-state index contributed by atoms with van der Waals surface area (Å²) >= 11 is 0. The van der Waals surface area contributed by atoms with Crippen molar-refractivity contribution in [1.82, 2.24) is 9.80 Å². The largest absolute Gasteiger partial charge is 0.488 e. The number of aliphatic hydroxyl groups excluding tert-OH is 1. The number of hydrogen-bond donors (Lipinski definition) is 1. The molecule has 1 N–H and O–H groups in total. The number of likely N-dealkylation sites (tertiary alicyclic amines) is 1. The third-order valence-corrected chi connectivity index (χ3v) is 5.73. The van der Waals surface area contributed by atoms with Crippen LogP contribution in [-0.2, 0) is 0 Å². The molecule has 0 bridgehead atoms. The van der Waals surface area contributed by atoms with Crippen LogP contribution in [0.3, 0.4) is 0 Å². The summed E-state index contributed by atoms with van der Waals surface area (Å²) in [5, 5.41) is 21.7. The molecule has 2 saturated heterocycles. The second-order valence-corrected chi connectivity index (χ2v) is 8.60. The Hall–Kier alpha value is -1.90. The monoisotopic (exact) mass is 406 g/mol. The first-order valence-corrected chi connectivity index (χ1v) is 10.6. The van der Waals surface area contributed by atoms with Crippen LogP contribution in [0.5, 0.6) is 5.75 Å². The molecule has 0 saturated carbocycles. The molecule has 8 nitrogen and oxygen atoms in total. The average molecular weight is 407 g/mol. The Kier molecular flexibility index (Phi) is 7.69. The summed E-state index contributed by atoms with van der Waals surface area (Å²) in [5.74, 6) is 1.12. The molecule has 8 heteroatoms. The van der Waals surface area contributed by atoms with Crippen molar-refractivity contribution in [2.45, 2.75) is 31.8 Å². The number of hydrogen-bond acceptors (Lipinski definition) is 7. The van der Waals surface area contributed by atoms with Crippen LogP contribution in [0.1, 0.15) is 25.7 Å². The van der Waals surface area contributed by atoms with E-state index in [1.807, 2.05) is 0 Å². The maximum Gasteiger partial charge on any atom is 0.273 e. The predicted octanol–water partition coefficient (Wildman–Crippen LogP) is 2.21. The van der Waals surface area contributed by atoms with Crippen molar-refractivity contribution in [3.63, 3.8) is 0 Å². The maximum absolute atomic E-state index is 11.2. The van der Waals surface area contributed by atoms with Crippen LogP contribution < -0.4 is 9.64 Å². The Bertz CT molecular complexity index is 679. The Labute approximate surface area is 173 Å². The van der Waals surface area contributed by atoms with Crippen molar-refractivity contribution < 1.29 is 14.8 Å². The van der Waals surface area contributed by atoms with E-state index in [1.54, 1.807) is 6.07 Å². The van der Waals surface area contributed by atoms with E-state index in [-0.39, 0.29) is 12.3 Å². The van der Waals surface area contributed by atoms with Crippen molar-refractivity contribution in [2.24, 2.45) is 5.92 Å². The van der Waals surface area contributed by atoms with Crippen molar-refractivity contribution in [3.05, 3.63) is 28.3 Å². The second-order valence-electron chi connectivity index (χ2n) is 8.60. The van der Waals surface area contributed by atoms with E-state index < -0.39 is 11.0 Å². The van der Waals surface area contributed by atoms with Gasteiger partial charge in [-0.05, 0) is 58.3 Å². The molecule has 1 aromatic rings. The number of non-ortho nitro benzene ring substituents is 1. The predicted molar refractivity (Wildman–Crippen MR) is 114 cm³/mol. The van der Waals surface area contributed by atoms with Crippen LogP contribution in [0.25, 0.3) is 0 Å². The highest BCUT2D eigenvalue weighted by atomic mass is 16.6. The molecule has 0 aromatic heterocycles. The lowest BCUT2D eigenvalue weighted by molar-refractivity contribution is -0.384. The molecule has 2 unspecified atom stereocenters. The summed E-state index contributed by atoms with van der Waals surface area (Å²) in [4.78, 5) is 17.5. The number of anilines is 1. The zero-order valence-corrected chi connectivity index (χ0v) is 17.6. The number of benzene rings is 1. The lowest BCUT2D eigenvalue weighted by Crippen LogP contribution is -2.44. The number of β-amino-alcohol motifs (C(OH)–C–C–N with tert-alkyl or cyclic N) is 1. The van der Waals surface area contributed by atoms with Crippen molar-refractivity contribution in [3.8, 4) is 5.75 Å². The Balaban J connectivity index is 1.58. The quantitative estimate of drug-likeness (QED) is 0.497. The summed E-state index contributed by atoms with van der Waals surface area (Å²) in [6.07, 6.45) is 3.98. The van der Waals surface area contributed by atoms with Crippen molar-refractivity contribution >= 4 is 11.4 Å². The van der Waals surface area contributed by atoms with Gasteiger partial charge in [0.25, 0.3) is 5.69 Å². The minimum atomic E-state index is -0.626. The normalized spacial score (nSPS) is 21.5. The number of rotatable bonds is 9. The van der Waals surface area contributed by atoms with Crippen LogP contribution in [0.4, 0.5) is 11.4 Å². The van der Waals surface area contributed by atoms with E-state index in [2.05, 4.69) is 28.8 Å². The fraction of sp³-hybridized carbons (Fsp3) is 0.714. The lowest BCUT2D eigenvalue weighted by Gasteiger charge is -2.35. The molecule has 2 aliphatic heterocycles. The summed E-state index contributed by atoms with van der Waals surface area (Å²) < 4.78 is 5.90. The van der Waals surface area contributed by atoms with Gasteiger partial charge >= 0.3 is 0 Å². The molecule has 2 fully saturated rings. The van der Waals surface area contributed by atoms with Gasteiger partial charge in [0.05, 0.1) is 16.7 Å². The smallest absolute Gasteiger partial charge is 0.273 e. The van der Waals surface area contributed by atoms with Gasteiger partial charge in [0.1, 0.15) is 18.5 Å². The molecule has 29 heavy (non-hydrogen) atoms. The van der Waals surface area contributed by atoms with Crippen LogP contribution in [0, 0.1) is 16.0 Å². The zero-order valence-electron chi connectivity index (χ0n) is 17.6. The van der Waals surface area contributed by atoms with E-state index in [0.29, 0.717) is 18.2 Å². The average Bonchev–Trinajstić information content (AvgIpc) is 3.20. The molecule has 162 valence electrons. The Morgan fingerprint density at radius 1 is 1.28 bits per heavy atom. The molecule has 2 atom stereocenters. The second kappa shape index (κ2) is 10.2. The molecule has 0 radical (unpaired) electrons. The highest BCUT2D eigenvalue weighted by Crippen LogP contribution is 2.34. The number of aliphatic hydroxyl groups is 1. The van der Waals surface area contributed by atoms with Crippen LogP contribution in [0.15, 0.2) is 18.2 Å². The summed E-state index contributed by atoms with van der Waals surface area (Å²) in [5.41, 5.74) is 0.893. The third kappa shape index (κ3) is 6.29. The number of nitro benzene ring substituents is 1. The van der Waals surface area contributed by atoms with Crippen molar-refractivity contribution in [2.75, 3.05) is 64.9 Å². The standard InChI is InChI=1S/C21H34N4O4/c1-22(2)13-17-6-5-9-23(14-17)15-19(26)16-29-21-12-18(25(27)28)7-8-20(21)24-10-3-4-11-24/h7-8,12,17,19,26H,3-6,9-11,13-16H2,1-2H3. The summed E-state index contributed by atoms with van der Waals surface area (Å²) in [7, 11) is 4.19. The fourth-order valence-corrected chi connectivity index (χ4v) is 4.47. The highest BCUT2D eigenvalue weighted by Gasteiger charge is 2.24. The van der Waals surface area contributed by atoms with Gasteiger partial charge in [-0.15, -0.1) is 0 Å². The Morgan fingerprint density at radius 2 is 2.03 bits per heavy atom. The molecular formula is C21H34N4O4.